The molecule has 1 aliphatic carbocycles. The highest BCUT2D eigenvalue weighted by Crippen LogP contribution is 2.34. The van der Waals surface area contributed by atoms with Crippen molar-refractivity contribution in [2.24, 2.45) is 5.73 Å². The Labute approximate surface area is 136 Å². The maximum absolute atomic E-state index is 6.36. The molecule has 0 spiro atoms. The van der Waals surface area contributed by atoms with E-state index in [9.17, 15) is 0 Å². The third-order valence-electron chi connectivity index (χ3n) is 5.64. The van der Waals surface area contributed by atoms with Crippen molar-refractivity contribution in [3.8, 4) is 0 Å². The average molecular weight is 313 g/mol. The van der Waals surface area contributed by atoms with E-state index in [1.165, 1.54) is 88.7 Å². The quantitative estimate of drug-likeness (QED) is 0.818. The lowest BCUT2D eigenvalue weighted by molar-refractivity contribution is 0.0464. The van der Waals surface area contributed by atoms with Crippen LogP contribution in [0.5, 0.6) is 0 Å². The molecule has 1 aliphatic heterocycles. The van der Waals surface area contributed by atoms with Crippen molar-refractivity contribution in [3.05, 3.63) is 0 Å². The fraction of sp³-hybridized carbons (Fsp3) is 1.00. The molecular formula is C18H36N2S. The summed E-state index contributed by atoms with van der Waals surface area (Å²) in [6, 6.07) is 0.709. The average Bonchev–Trinajstić information content (AvgIpc) is 2.49. The van der Waals surface area contributed by atoms with Crippen LogP contribution in [0.4, 0.5) is 0 Å². The first-order valence-electron chi connectivity index (χ1n) is 9.33. The number of hydrogen-bond donors (Lipinski definition) is 1. The Bertz CT molecular complexity index is 270. The van der Waals surface area contributed by atoms with Crippen molar-refractivity contribution in [3.63, 3.8) is 0 Å². The summed E-state index contributed by atoms with van der Waals surface area (Å²) >= 11 is 2.12. The second kappa shape index (κ2) is 9.42. The summed E-state index contributed by atoms with van der Waals surface area (Å²) < 4.78 is 0. The van der Waals surface area contributed by atoms with Gasteiger partial charge in [0, 0.05) is 36.2 Å². The summed E-state index contributed by atoms with van der Waals surface area (Å²) in [5, 5.41) is 0. The molecule has 0 bridgehead atoms. The van der Waals surface area contributed by atoms with Crippen molar-refractivity contribution < 1.29 is 0 Å². The van der Waals surface area contributed by atoms with Crippen molar-refractivity contribution in [2.45, 2.75) is 89.1 Å². The highest BCUT2D eigenvalue weighted by Gasteiger charge is 2.38. The first-order chi connectivity index (χ1) is 10.3. The van der Waals surface area contributed by atoms with Crippen LogP contribution >= 0.6 is 11.8 Å². The van der Waals surface area contributed by atoms with Crippen LogP contribution in [0.3, 0.4) is 0 Å². The van der Waals surface area contributed by atoms with Crippen LogP contribution in [-0.4, -0.2) is 41.1 Å². The summed E-state index contributed by atoms with van der Waals surface area (Å²) in [5.41, 5.74) is 6.67. The minimum Gasteiger partial charge on any atom is -0.329 e. The van der Waals surface area contributed by atoms with Crippen LogP contribution < -0.4 is 5.73 Å². The second-order valence-corrected chi connectivity index (χ2v) is 8.38. The Balaban J connectivity index is 2.02. The zero-order valence-electron chi connectivity index (χ0n) is 14.1. The Kier molecular flexibility index (Phi) is 7.90. The molecule has 1 saturated carbocycles. The summed E-state index contributed by atoms with van der Waals surface area (Å²) in [6.07, 6.45) is 15.5. The van der Waals surface area contributed by atoms with Gasteiger partial charge in [0.15, 0.2) is 0 Å². The van der Waals surface area contributed by atoms with Gasteiger partial charge in [0.1, 0.15) is 0 Å². The van der Waals surface area contributed by atoms with Crippen molar-refractivity contribution in [2.75, 3.05) is 24.6 Å². The molecule has 0 aromatic carbocycles. The smallest absolute Gasteiger partial charge is 0.0335 e. The molecule has 0 aromatic heterocycles. The van der Waals surface area contributed by atoms with E-state index in [1.54, 1.807) is 0 Å². The van der Waals surface area contributed by atoms with Crippen LogP contribution in [0.2, 0.25) is 0 Å². The largest absolute Gasteiger partial charge is 0.329 e. The molecule has 2 aliphatic rings. The zero-order chi connectivity index (χ0) is 15.0. The van der Waals surface area contributed by atoms with Crippen molar-refractivity contribution in [1.82, 2.24) is 4.90 Å². The third-order valence-corrected chi connectivity index (χ3v) is 6.83. The van der Waals surface area contributed by atoms with Gasteiger partial charge in [-0.25, -0.2) is 0 Å². The van der Waals surface area contributed by atoms with E-state index >= 15 is 0 Å². The number of nitrogens with zero attached hydrogens (tertiary/aromatic N) is 1. The standard InChI is InChI=1S/C18H36N2S/c1-17-15-21-14-13-20(17)18(16-19)11-9-7-5-3-2-4-6-8-10-12-18/h17H,2-16,19H2,1H3. The monoisotopic (exact) mass is 312 g/mol. The number of nitrogens with two attached hydrogens (primary N) is 1. The summed E-state index contributed by atoms with van der Waals surface area (Å²) in [4.78, 5) is 2.80. The molecule has 124 valence electrons. The zero-order valence-corrected chi connectivity index (χ0v) is 14.9. The van der Waals surface area contributed by atoms with E-state index in [4.69, 9.17) is 5.73 Å². The van der Waals surface area contributed by atoms with Crippen molar-refractivity contribution in [1.29, 1.82) is 0 Å². The Morgan fingerprint density at radius 1 is 0.952 bits per heavy atom. The molecule has 2 nitrogen and oxygen atoms in total. The van der Waals surface area contributed by atoms with Crippen LogP contribution in [-0.2, 0) is 0 Å². The summed E-state index contributed by atoms with van der Waals surface area (Å²) in [5.74, 6) is 2.59. The van der Waals surface area contributed by atoms with E-state index in [1.807, 2.05) is 0 Å². The van der Waals surface area contributed by atoms with Crippen LogP contribution in [0.25, 0.3) is 0 Å². The van der Waals surface area contributed by atoms with Gasteiger partial charge in [-0.15, -0.1) is 0 Å². The van der Waals surface area contributed by atoms with Crippen molar-refractivity contribution >= 4 is 11.8 Å². The molecule has 0 aromatic rings. The first-order valence-corrected chi connectivity index (χ1v) is 10.5. The molecule has 2 N–H and O–H groups in total. The molecule has 3 heteroatoms. The number of hydrogen-bond acceptors (Lipinski definition) is 3. The third kappa shape index (κ3) is 5.14. The van der Waals surface area contributed by atoms with Gasteiger partial charge in [0.05, 0.1) is 0 Å². The molecule has 1 atom stereocenters. The minimum atomic E-state index is 0.305. The minimum absolute atomic E-state index is 0.305. The maximum atomic E-state index is 6.36. The van der Waals surface area contributed by atoms with Gasteiger partial charge < -0.3 is 5.73 Å². The highest BCUT2D eigenvalue weighted by atomic mass is 32.2. The SMILES string of the molecule is CC1CSCCN1C1(CN)CCCCCCCCCCC1. The summed E-state index contributed by atoms with van der Waals surface area (Å²) in [6.45, 7) is 4.53. The number of rotatable bonds is 2. The molecule has 1 unspecified atom stereocenters. The maximum Gasteiger partial charge on any atom is 0.0335 e. The van der Waals surface area contributed by atoms with Gasteiger partial charge in [-0.3, -0.25) is 4.90 Å². The Morgan fingerprint density at radius 2 is 1.48 bits per heavy atom. The second-order valence-electron chi connectivity index (χ2n) is 7.23. The van der Waals surface area contributed by atoms with Gasteiger partial charge in [-0.2, -0.15) is 11.8 Å². The van der Waals surface area contributed by atoms with Gasteiger partial charge in [0.25, 0.3) is 0 Å². The molecular weight excluding hydrogens is 276 g/mol. The molecule has 2 fully saturated rings. The lowest BCUT2D eigenvalue weighted by Crippen LogP contribution is -2.59. The van der Waals surface area contributed by atoms with Crippen LogP contribution in [0.15, 0.2) is 0 Å². The van der Waals surface area contributed by atoms with Gasteiger partial charge >= 0.3 is 0 Å². The lowest BCUT2D eigenvalue weighted by Gasteiger charge is -2.49. The van der Waals surface area contributed by atoms with E-state index in [0.29, 0.717) is 11.6 Å². The molecule has 21 heavy (non-hydrogen) atoms. The predicted octanol–water partition coefficient (Wildman–Crippen LogP) is 4.43. The van der Waals surface area contributed by atoms with Crippen LogP contribution in [0.1, 0.15) is 77.6 Å². The molecule has 1 heterocycles. The van der Waals surface area contributed by atoms with Gasteiger partial charge in [0.2, 0.25) is 0 Å². The normalized spacial score (nSPS) is 30.3. The predicted molar refractivity (Wildman–Crippen MR) is 96.1 cm³/mol. The summed E-state index contributed by atoms with van der Waals surface area (Å²) in [7, 11) is 0. The Morgan fingerprint density at radius 3 is 1.95 bits per heavy atom. The molecule has 2 rings (SSSR count). The lowest BCUT2D eigenvalue weighted by atomic mass is 9.83. The Hall–Kier alpha value is 0.270. The molecule has 0 amide bonds. The number of thioether (sulfide) groups is 1. The van der Waals surface area contributed by atoms with E-state index in [0.717, 1.165) is 6.54 Å². The fourth-order valence-corrected chi connectivity index (χ4v) is 5.32. The first kappa shape index (κ1) is 17.6. The molecule has 0 radical (unpaired) electrons. The van der Waals surface area contributed by atoms with E-state index < -0.39 is 0 Å². The van der Waals surface area contributed by atoms with E-state index in [2.05, 4.69) is 23.6 Å². The molecule has 1 saturated heterocycles. The van der Waals surface area contributed by atoms with Crippen LogP contribution in [0, 0.1) is 0 Å². The van der Waals surface area contributed by atoms with Gasteiger partial charge in [-0.05, 0) is 19.8 Å². The highest BCUT2D eigenvalue weighted by molar-refractivity contribution is 7.99. The van der Waals surface area contributed by atoms with Gasteiger partial charge in [-0.1, -0.05) is 57.8 Å². The van der Waals surface area contributed by atoms with E-state index in [-0.39, 0.29) is 0 Å². The fourth-order valence-electron chi connectivity index (χ4n) is 4.31. The topological polar surface area (TPSA) is 29.3 Å².